The third kappa shape index (κ3) is 4.28. The Labute approximate surface area is 197 Å². The number of para-hydroxylation sites is 1. The number of carbonyl (C=O) groups is 2. The zero-order chi connectivity index (χ0) is 23.5. The lowest BCUT2D eigenvalue weighted by atomic mass is 10.0. The van der Waals surface area contributed by atoms with Gasteiger partial charge in [0, 0.05) is 10.9 Å². The van der Waals surface area contributed by atoms with Gasteiger partial charge in [-0.2, -0.15) is 0 Å². The number of hydrogen-bond acceptors (Lipinski definition) is 3. The number of carbonyl (C=O) groups excluding carboxylic acids is 2. The summed E-state index contributed by atoms with van der Waals surface area (Å²) in [5.74, 6) is -0.459. The maximum Gasteiger partial charge on any atom is 0.253 e. The summed E-state index contributed by atoms with van der Waals surface area (Å²) in [5, 5.41) is 9.00. The van der Waals surface area contributed by atoms with Crippen molar-refractivity contribution < 1.29 is 14.0 Å². The summed E-state index contributed by atoms with van der Waals surface area (Å²) in [6, 6.07) is 28.6. The summed E-state index contributed by atoms with van der Waals surface area (Å²) < 4.78 is 5.71. The Morgan fingerprint density at radius 3 is 2.44 bits per heavy atom. The minimum absolute atomic E-state index is 0.136. The molecule has 5 aromatic rings. The van der Waals surface area contributed by atoms with Crippen LogP contribution in [0.5, 0.6) is 0 Å². The molecule has 1 unspecified atom stereocenters. The van der Waals surface area contributed by atoms with Gasteiger partial charge in [-0.05, 0) is 41.5 Å². The number of hydrogen-bond donors (Lipinski definition) is 2. The molecule has 1 heterocycles. The fourth-order valence-corrected chi connectivity index (χ4v) is 4.26. The summed E-state index contributed by atoms with van der Waals surface area (Å²) >= 11 is 0. The van der Waals surface area contributed by atoms with E-state index < -0.39 is 0 Å². The third-order valence-corrected chi connectivity index (χ3v) is 5.98. The van der Waals surface area contributed by atoms with Crippen LogP contribution in [0, 0.1) is 0 Å². The Bertz CT molecular complexity index is 1490. The highest BCUT2D eigenvalue weighted by Gasteiger charge is 2.18. The monoisotopic (exact) mass is 448 g/mol. The van der Waals surface area contributed by atoms with Gasteiger partial charge in [0.05, 0.1) is 30.0 Å². The van der Waals surface area contributed by atoms with E-state index in [2.05, 4.69) is 10.6 Å². The molecule has 5 nitrogen and oxygen atoms in total. The molecule has 0 saturated heterocycles. The van der Waals surface area contributed by atoms with Gasteiger partial charge in [-0.15, -0.1) is 0 Å². The molecule has 5 rings (SSSR count). The van der Waals surface area contributed by atoms with Gasteiger partial charge in [0.25, 0.3) is 5.91 Å². The van der Waals surface area contributed by atoms with Crippen LogP contribution in [0.4, 0.5) is 5.69 Å². The molecule has 4 aromatic carbocycles. The number of fused-ring (bicyclic) bond motifs is 3. The average Bonchev–Trinajstić information content (AvgIpc) is 3.28. The summed E-state index contributed by atoms with van der Waals surface area (Å²) in [7, 11) is 0. The molecule has 2 amide bonds. The van der Waals surface area contributed by atoms with E-state index in [1.165, 1.54) is 0 Å². The zero-order valence-corrected chi connectivity index (χ0v) is 18.7. The fourth-order valence-electron chi connectivity index (χ4n) is 4.26. The summed E-state index contributed by atoms with van der Waals surface area (Å²) in [5.41, 5.74) is 3.46. The maximum absolute atomic E-state index is 13.0. The van der Waals surface area contributed by atoms with Crippen LogP contribution in [0.1, 0.15) is 34.5 Å². The topological polar surface area (TPSA) is 71.3 Å². The lowest BCUT2D eigenvalue weighted by Crippen LogP contribution is -2.28. The molecule has 0 aliphatic rings. The highest BCUT2D eigenvalue weighted by atomic mass is 16.3. The number of anilines is 1. The molecule has 5 heteroatoms. The molecule has 0 spiro atoms. The Balaban J connectivity index is 1.35. The molecule has 34 heavy (non-hydrogen) atoms. The van der Waals surface area contributed by atoms with Crippen molar-refractivity contribution in [2.75, 3.05) is 5.32 Å². The summed E-state index contributed by atoms with van der Waals surface area (Å²) in [6.07, 6.45) is 1.77. The molecule has 1 atom stereocenters. The van der Waals surface area contributed by atoms with E-state index >= 15 is 0 Å². The van der Waals surface area contributed by atoms with E-state index in [1.54, 1.807) is 30.5 Å². The minimum atomic E-state index is -0.244. The first-order chi connectivity index (χ1) is 16.6. The number of amides is 2. The first kappa shape index (κ1) is 21.5. The fraction of sp³-hybridized carbons (Fsp3) is 0.103. The molecular weight excluding hydrogens is 424 g/mol. The molecule has 0 aliphatic heterocycles. The number of benzene rings is 4. The van der Waals surface area contributed by atoms with Crippen LogP contribution in [0.25, 0.3) is 21.7 Å². The van der Waals surface area contributed by atoms with Crippen molar-refractivity contribution in [1.29, 1.82) is 0 Å². The Morgan fingerprint density at radius 1 is 0.853 bits per heavy atom. The molecule has 2 N–H and O–H groups in total. The van der Waals surface area contributed by atoms with Crippen molar-refractivity contribution in [3.8, 4) is 0 Å². The predicted octanol–water partition coefficient (Wildman–Crippen LogP) is 6.26. The van der Waals surface area contributed by atoms with E-state index in [4.69, 9.17) is 4.42 Å². The molecule has 0 radical (unpaired) electrons. The number of nitrogens with one attached hydrogen (secondary N) is 2. The van der Waals surface area contributed by atoms with Crippen LogP contribution in [0.2, 0.25) is 0 Å². The van der Waals surface area contributed by atoms with Gasteiger partial charge in [0.1, 0.15) is 5.58 Å². The highest BCUT2D eigenvalue weighted by Crippen LogP contribution is 2.30. The van der Waals surface area contributed by atoms with Crippen molar-refractivity contribution in [1.82, 2.24) is 5.32 Å². The lowest BCUT2D eigenvalue weighted by Gasteiger charge is -2.16. The van der Waals surface area contributed by atoms with Crippen LogP contribution in [0.3, 0.4) is 0 Å². The average molecular weight is 449 g/mol. The number of furan rings is 1. The van der Waals surface area contributed by atoms with E-state index in [1.807, 2.05) is 73.7 Å². The second kappa shape index (κ2) is 9.24. The second-order valence-electron chi connectivity index (χ2n) is 8.30. The normalized spacial score (nSPS) is 11.9. The van der Waals surface area contributed by atoms with Crippen LogP contribution in [-0.4, -0.2) is 11.8 Å². The molecular formula is C29H24N2O3. The van der Waals surface area contributed by atoms with Crippen LogP contribution >= 0.6 is 0 Å². The Morgan fingerprint density at radius 2 is 1.59 bits per heavy atom. The first-order valence-electron chi connectivity index (χ1n) is 11.2. The van der Waals surface area contributed by atoms with E-state index in [0.29, 0.717) is 11.3 Å². The van der Waals surface area contributed by atoms with Crippen LogP contribution in [0.15, 0.2) is 102 Å². The van der Waals surface area contributed by atoms with Crippen LogP contribution < -0.4 is 10.6 Å². The maximum atomic E-state index is 13.0. The predicted molar refractivity (Wildman–Crippen MR) is 135 cm³/mol. The zero-order valence-electron chi connectivity index (χ0n) is 18.7. The van der Waals surface area contributed by atoms with Gasteiger partial charge in [-0.3, -0.25) is 9.59 Å². The smallest absolute Gasteiger partial charge is 0.253 e. The SMILES string of the molecule is CC(NC(=O)c1ccccc1NC(=O)Cc1coc2ccc3ccccc3c12)c1ccccc1. The van der Waals surface area contributed by atoms with E-state index in [-0.39, 0.29) is 24.3 Å². The van der Waals surface area contributed by atoms with Gasteiger partial charge in [0.15, 0.2) is 0 Å². The molecule has 168 valence electrons. The molecule has 0 bridgehead atoms. The first-order valence-corrected chi connectivity index (χ1v) is 11.2. The number of rotatable bonds is 6. The van der Waals surface area contributed by atoms with E-state index in [9.17, 15) is 9.59 Å². The van der Waals surface area contributed by atoms with Crippen molar-refractivity contribution in [3.63, 3.8) is 0 Å². The van der Waals surface area contributed by atoms with Gasteiger partial charge >= 0.3 is 0 Å². The molecule has 0 saturated carbocycles. The molecule has 0 fully saturated rings. The largest absolute Gasteiger partial charge is 0.464 e. The van der Waals surface area contributed by atoms with Gasteiger partial charge in [0.2, 0.25) is 5.91 Å². The standard InChI is InChI=1S/C29H24N2O3/c1-19(20-9-3-2-4-10-20)30-29(33)24-13-7-8-14-25(24)31-27(32)17-22-18-34-26-16-15-21-11-5-6-12-23(21)28(22)26/h2-16,18-19H,17H2,1H3,(H,30,33)(H,31,32). The molecule has 0 aliphatic carbocycles. The van der Waals surface area contributed by atoms with Gasteiger partial charge in [-0.25, -0.2) is 0 Å². The second-order valence-corrected chi connectivity index (χ2v) is 8.30. The highest BCUT2D eigenvalue weighted by molar-refractivity contribution is 6.09. The third-order valence-electron chi connectivity index (χ3n) is 5.98. The quantitative estimate of drug-likeness (QED) is 0.322. The molecule has 1 aromatic heterocycles. The summed E-state index contributed by atoms with van der Waals surface area (Å²) in [6.45, 7) is 1.93. The van der Waals surface area contributed by atoms with Crippen molar-refractivity contribution in [2.24, 2.45) is 0 Å². The van der Waals surface area contributed by atoms with Gasteiger partial charge in [-0.1, -0.05) is 72.8 Å². The van der Waals surface area contributed by atoms with Crippen LogP contribution in [-0.2, 0) is 11.2 Å². The Hall–Kier alpha value is -4.38. The van der Waals surface area contributed by atoms with E-state index in [0.717, 1.165) is 32.9 Å². The van der Waals surface area contributed by atoms with Crippen molar-refractivity contribution in [3.05, 3.63) is 114 Å². The summed E-state index contributed by atoms with van der Waals surface area (Å²) in [4.78, 5) is 26.0. The van der Waals surface area contributed by atoms with Crippen molar-refractivity contribution in [2.45, 2.75) is 19.4 Å². The Kier molecular flexibility index (Phi) is 5.83. The van der Waals surface area contributed by atoms with Crippen molar-refractivity contribution >= 4 is 39.2 Å². The lowest BCUT2D eigenvalue weighted by molar-refractivity contribution is -0.115. The van der Waals surface area contributed by atoms with Gasteiger partial charge < -0.3 is 15.1 Å². The minimum Gasteiger partial charge on any atom is -0.464 e.